The molecule has 1 unspecified atom stereocenters. The van der Waals surface area contributed by atoms with Crippen molar-refractivity contribution in [2.45, 2.75) is 19.9 Å². The molecule has 0 saturated carbocycles. The molecule has 1 saturated heterocycles. The van der Waals surface area contributed by atoms with E-state index in [1.165, 1.54) is 0 Å². The first-order valence-electron chi connectivity index (χ1n) is 4.78. The van der Waals surface area contributed by atoms with Crippen LogP contribution in [0.25, 0.3) is 0 Å². The molecule has 2 N–H and O–H groups in total. The van der Waals surface area contributed by atoms with Gasteiger partial charge in [-0.3, -0.25) is 4.90 Å². The van der Waals surface area contributed by atoms with Gasteiger partial charge in [0.15, 0.2) is 0 Å². The van der Waals surface area contributed by atoms with Gasteiger partial charge in [0.25, 0.3) is 0 Å². The topological polar surface area (TPSA) is 62.3 Å². The van der Waals surface area contributed by atoms with E-state index in [-0.39, 0.29) is 7.47 Å². The van der Waals surface area contributed by atoms with Crippen molar-refractivity contribution >= 4 is 0 Å². The van der Waals surface area contributed by atoms with E-state index in [0.29, 0.717) is 6.54 Å². The minimum atomic E-state index is -0.354. The summed E-state index contributed by atoms with van der Waals surface area (Å²) in [5, 5.41) is 8.43. The largest absolute Gasteiger partial charge is 0.379 e. The molecule has 0 aliphatic carbocycles. The van der Waals surface area contributed by atoms with Crippen molar-refractivity contribution < 1.29 is 6.16 Å². The van der Waals surface area contributed by atoms with Gasteiger partial charge in [-0.05, 0) is 0 Å². The Morgan fingerprint density at radius 3 is 2.54 bits per heavy atom. The molecule has 4 nitrogen and oxygen atoms in total. The second-order valence-electron chi connectivity index (χ2n) is 2.65. The lowest BCUT2D eigenvalue weighted by atomic mass is 10.3. The van der Waals surface area contributed by atoms with Crippen LogP contribution in [0, 0.1) is 11.3 Å². The summed E-state index contributed by atoms with van der Waals surface area (Å²) in [6, 6.07) is 1.65. The van der Waals surface area contributed by atoms with Crippen molar-refractivity contribution in [3.63, 3.8) is 0 Å². The average Bonchev–Trinajstić information content (AvgIpc) is 2.22. The van der Waals surface area contributed by atoms with Gasteiger partial charge in [0, 0.05) is 21.1 Å². The third-order valence-electron chi connectivity index (χ3n) is 1.72. The first-order chi connectivity index (χ1) is 6.33. The van der Waals surface area contributed by atoms with Gasteiger partial charge in [-0.1, -0.05) is 13.8 Å². The summed E-state index contributed by atoms with van der Waals surface area (Å²) in [6.07, 6.45) is 0. The molecule has 1 aliphatic rings. The van der Waals surface area contributed by atoms with Crippen LogP contribution in [0.2, 0.25) is 0 Å². The number of nitriles is 1. The Balaban J connectivity index is 0. The van der Waals surface area contributed by atoms with Crippen LogP contribution in [0.1, 0.15) is 15.3 Å². The van der Waals surface area contributed by atoms with Crippen LogP contribution in [0.5, 0.6) is 0 Å². The lowest BCUT2D eigenvalue weighted by Gasteiger charge is -2.26. The summed E-state index contributed by atoms with van der Waals surface area (Å²) in [5.74, 6) is 0. The number of ether oxygens (including phenoxy) is 1. The Hall–Kier alpha value is -0.630. The highest BCUT2D eigenvalue weighted by Crippen LogP contribution is 1.96. The van der Waals surface area contributed by atoms with Gasteiger partial charge < -0.3 is 10.5 Å². The van der Waals surface area contributed by atoms with Gasteiger partial charge in [-0.25, -0.2) is 0 Å². The maximum absolute atomic E-state index is 8.43. The number of nitrogens with zero attached hydrogens (tertiary/aromatic N) is 2. The van der Waals surface area contributed by atoms with Crippen LogP contribution in [0.3, 0.4) is 0 Å². The monoisotopic (exact) mass is 187 g/mol. The third-order valence-corrected chi connectivity index (χ3v) is 1.72. The first-order valence-corrected chi connectivity index (χ1v) is 4.78. The quantitative estimate of drug-likeness (QED) is 0.681. The molecule has 0 bridgehead atoms. The van der Waals surface area contributed by atoms with Crippen molar-refractivity contribution in [1.82, 2.24) is 4.90 Å². The Morgan fingerprint density at radius 1 is 1.54 bits per heavy atom. The zero-order valence-corrected chi connectivity index (χ0v) is 8.49. The van der Waals surface area contributed by atoms with Crippen LogP contribution >= 0.6 is 0 Å². The molecule has 1 atom stereocenters. The summed E-state index contributed by atoms with van der Waals surface area (Å²) >= 11 is 0. The van der Waals surface area contributed by atoms with Crippen molar-refractivity contribution in [3.8, 4) is 6.07 Å². The number of hydrogen-bond donors (Lipinski definition) is 1. The molecule has 78 valence electrons. The fourth-order valence-corrected chi connectivity index (χ4v) is 1.10. The van der Waals surface area contributed by atoms with E-state index < -0.39 is 0 Å². The maximum Gasteiger partial charge on any atom is 0.106 e. The Kier molecular flexibility index (Phi) is 7.60. The molecule has 4 heteroatoms. The van der Waals surface area contributed by atoms with E-state index in [0.717, 1.165) is 26.3 Å². The highest BCUT2D eigenvalue weighted by molar-refractivity contribution is 4.89. The molecule has 0 aromatic rings. The average molecular weight is 187 g/mol. The predicted octanol–water partition coefficient (Wildman–Crippen LogP) is 0.442. The number of morpholine rings is 1. The molecule has 1 aliphatic heterocycles. The zero-order valence-electron chi connectivity index (χ0n) is 8.49. The van der Waals surface area contributed by atoms with Crippen molar-refractivity contribution in [1.29, 1.82) is 5.26 Å². The summed E-state index contributed by atoms with van der Waals surface area (Å²) < 4.78 is 5.15. The molecule has 1 fully saturated rings. The summed E-state index contributed by atoms with van der Waals surface area (Å²) in [6.45, 7) is 7.99. The van der Waals surface area contributed by atoms with E-state index in [2.05, 4.69) is 4.90 Å². The molecular weight excluding hydrogens is 166 g/mol. The fourth-order valence-electron chi connectivity index (χ4n) is 1.10. The molecule has 0 aromatic heterocycles. The van der Waals surface area contributed by atoms with Crippen LogP contribution in [0.4, 0.5) is 0 Å². The Bertz CT molecular complexity index is 155. The molecule has 0 spiro atoms. The normalized spacial score (nSPS) is 19.5. The van der Waals surface area contributed by atoms with E-state index in [1.807, 2.05) is 19.9 Å². The van der Waals surface area contributed by atoms with Crippen LogP contribution in [-0.4, -0.2) is 43.8 Å². The molecule has 1 rings (SSSR count). The predicted molar refractivity (Wildman–Crippen MR) is 54.3 cm³/mol. The fraction of sp³-hybridized carbons (Fsp3) is 0.889. The van der Waals surface area contributed by atoms with Gasteiger partial charge in [0.1, 0.15) is 6.04 Å². The van der Waals surface area contributed by atoms with Gasteiger partial charge in [0.2, 0.25) is 0 Å². The number of nitrogens with two attached hydrogens (primary N) is 1. The van der Waals surface area contributed by atoms with E-state index in [9.17, 15) is 0 Å². The molecule has 0 radical (unpaired) electrons. The zero-order chi connectivity index (χ0) is 10.1. The van der Waals surface area contributed by atoms with Crippen molar-refractivity contribution in [3.05, 3.63) is 0 Å². The minimum Gasteiger partial charge on any atom is -0.379 e. The standard InChI is InChI=1S/C7H13N3O.C2H6.H2/c8-5-7(9)6-10-1-3-11-4-2-10;1-2;/h7H,1-4,6,9H2;1-2H3;1H. The van der Waals surface area contributed by atoms with Crippen molar-refractivity contribution in [2.75, 3.05) is 32.8 Å². The lowest BCUT2D eigenvalue weighted by molar-refractivity contribution is 0.0373. The molecule has 0 amide bonds. The molecule has 1 heterocycles. The highest BCUT2D eigenvalue weighted by Gasteiger charge is 2.12. The Labute approximate surface area is 81.7 Å². The summed E-state index contributed by atoms with van der Waals surface area (Å²) in [7, 11) is 0. The SMILES string of the molecule is CC.N#CC(N)CN1CCOCC1.[HH]. The second kappa shape index (κ2) is 7.99. The lowest BCUT2D eigenvalue weighted by Crippen LogP contribution is -2.43. The first kappa shape index (κ1) is 12.4. The van der Waals surface area contributed by atoms with Crippen LogP contribution in [0.15, 0.2) is 0 Å². The number of hydrogen-bond acceptors (Lipinski definition) is 4. The van der Waals surface area contributed by atoms with Crippen LogP contribution < -0.4 is 5.73 Å². The second-order valence-corrected chi connectivity index (χ2v) is 2.65. The van der Waals surface area contributed by atoms with E-state index in [4.69, 9.17) is 15.7 Å². The van der Waals surface area contributed by atoms with Crippen LogP contribution in [-0.2, 0) is 4.74 Å². The Morgan fingerprint density at radius 2 is 2.08 bits per heavy atom. The van der Waals surface area contributed by atoms with Gasteiger partial charge in [-0.15, -0.1) is 0 Å². The molecule has 0 aromatic carbocycles. The molecular formula is C9H21N3O. The minimum absolute atomic E-state index is 0. The number of rotatable bonds is 2. The van der Waals surface area contributed by atoms with E-state index in [1.54, 1.807) is 0 Å². The van der Waals surface area contributed by atoms with Gasteiger partial charge >= 0.3 is 0 Å². The molecule has 13 heavy (non-hydrogen) atoms. The summed E-state index contributed by atoms with van der Waals surface area (Å²) in [4.78, 5) is 2.15. The van der Waals surface area contributed by atoms with Gasteiger partial charge in [-0.2, -0.15) is 5.26 Å². The highest BCUT2D eigenvalue weighted by atomic mass is 16.5. The smallest absolute Gasteiger partial charge is 0.106 e. The third kappa shape index (κ3) is 5.58. The van der Waals surface area contributed by atoms with E-state index >= 15 is 0 Å². The van der Waals surface area contributed by atoms with Gasteiger partial charge in [0.05, 0.1) is 19.3 Å². The maximum atomic E-state index is 8.43. The summed E-state index contributed by atoms with van der Waals surface area (Å²) in [5.41, 5.74) is 5.46. The van der Waals surface area contributed by atoms with Crippen molar-refractivity contribution in [2.24, 2.45) is 5.73 Å².